The lowest BCUT2D eigenvalue weighted by molar-refractivity contribution is -0.113. The number of aromatic nitrogens is 2. The maximum atomic E-state index is 13.2. The monoisotopic (exact) mass is 509 g/mol. The molecule has 0 aliphatic heterocycles. The van der Waals surface area contributed by atoms with E-state index in [1.54, 1.807) is 48.9 Å². The topological polar surface area (TPSA) is 99.5 Å². The van der Waals surface area contributed by atoms with Crippen LogP contribution in [0.1, 0.15) is 22.8 Å². The molecular weight excluding hydrogens is 486 g/mol. The number of nitrogens with one attached hydrogen (secondary N) is 1. The first-order chi connectivity index (χ1) is 17.0. The van der Waals surface area contributed by atoms with Gasteiger partial charge in [-0.05, 0) is 60.3 Å². The summed E-state index contributed by atoms with van der Waals surface area (Å²) in [5.74, 6) is 0.124. The number of esters is 1. The Balaban J connectivity index is 1.49. The van der Waals surface area contributed by atoms with E-state index in [1.807, 2.05) is 29.6 Å². The number of hydrogen-bond donors (Lipinski definition) is 1. The quantitative estimate of drug-likeness (QED) is 0.203. The zero-order valence-electron chi connectivity index (χ0n) is 19.1. The Morgan fingerprint density at radius 1 is 1.09 bits per heavy atom. The average molecular weight is 510 g/mol. The summed E-state index contributed by atoms with van der Waals surface area (Å²) in [6.07, 6.45) is 0. The summed E-state index contributed by atoms with van der Waals surface area (Å²) in [4.78, 5) is 42.2. The lowest BCUT2D eigenvalue weighted by Crippen LogP contribution is -2.24. The number of anilines is 1. The van der Waals surface area contributed by atoms with Gasteiger partial charge in [0, 0.05) is 5.69 Å². The number of nitrogens with zero attached hydrogens (tertiary/aromatic N) is 2. The van der Waals surface area contributed by atoms with E-state index in [1.165, 1.54) is 23.1 Å². The highest BCUT2D eigenvalue weighted by Gasteiger charge is 2.15. The van der Waals surface area contributed by atoms with Gasteiger partial charge in [-0.15, -0.1) is 11.3 Å². The van der Waals surface area contributed by atoms with E-state index in [0.29, 0.717) is 39.8 Å². The number of thioether (sulfide) groups is 1. The summed E-state index contributed by atoms with van der Waals surface area (Å²) in [6, 6.07) is 15.7. The molecule has 4 aromatic rings. The molecule has 0 saturated carbocycles. The molecule has 8 nitrogen and oxygen atoms in total. The molecule has 2 aromatic heterocycles. The van der Waals surface area contributed by atoms with E-state index in [0.717, 1.165) is 11.3 Å². The number of methoxy groups -OCH3 is 1. The Kier molecular flexibility index (Phi) is 7.84. The maximum absolute atomic E-state index is 13.2. The van der Waals surface area contributed by atoms with Gasteiger partial charge in [-0.25, -0.2) is 9.78 Å². The smallest absolute Gasteiger partial charge is 0.338 e. The molecule has 0 radical (unpaired) electrons. The van der Waals surface area contributed by atoms with Crippen molar-refractivity contribution in [2.75, 3.05) is 24.8 Å². The van der Waals surface area contributed by atoms with E-state index in [-0.39, 0.29) is 17.2 Å². The highest BCUT2D eigenvalue weighted by Crippen LogP contribution is 2.23. The van der Waals surface area contributed by atoms with Crippen LogP contribution in [0.4, 0.5) is 5.69 Å². The second-order valence-corrected chi connectivity index (χ2v) is 9.26. The van der Waals surface area contributed by atoms with E-state index in [9.17, 15) is 14.4 Å². The molecule has 0 aliphatic rings. The molecule has 2 heterocycles. The molecule has 10 heteroatoms. The number of benzene rings is 2. The van der Waals surface area contributed by atoms with Crippen LogP contribution in [0, 0.1) is 0 Å². The van der Waals surface area contributed by atoms with Crippen LogP contribution in [0.2, 0.25) is 0 Å². The minimum absolute atomic E-state index is 0.0598. The predicted molar refractivity (Wildman–Crippen MR) is 138 cm³/mol. The fourth-order valence-electron chi connectivity index (χ4n) is 3.32. The second-order valence-electron chi connectivity index (χ2n) is 7.40. The van der Waals surface area contributed by atoms with E-state index in [2.05, 4.69) is 10.3 Å². The SMILES string of the molecule is CCOC(=O)c1ccc(NC(=O)CSc2nc3ccsc3c(=O)n2Cc2ccc(OC)cc2)cc1. The van der Waals surface area contributed by atoms with Crippen molar-refractivity contribution in [1.82, 2.24) is 9.55 Å². The molecule has 0 saturated heterocycles. The summed E-state index contributed by atoms with van der Waals surface area (Å²) in [6.45, 7) is 2.36. The zero-order chi connectivity index (χ0) is 24.8. The van der Waals surface area contributed by atoms with Crippen molar-refractivity contribution in [3.63, 3.8) is 0 Å². The van der Waals surface area contributed by atoms with Crippen molar-refractivity contribution < 1.29 is 19.1 Å². The van der Waals surface area contributed by atoms with E-state index < -0.39 is 5.97 Å². The molecule has 0 spiro atoms. The summed E-state index contributed by atoms with van der Waals surface area (Å²) < 4.78 is 12.3. The van der Waals surface area contributed by atoms with Crippen molar-refractivity contribution in [3.8, 4) is 5.75 Å². The number of amides is 1. The molecule has 35 heavy (non-hydrogen) atoms. The molecule has 1 N–H and O–H groups in total. The third-order valence-corrected chi connectivity index (χ3v) is 6.91. The number of fused-ring (bicyclic) bond motifs is 1. The molecule has 4 rings (SSSR count). The van der Waals surface area contributed by atoms with Gasteiger partial charge in [0.1, 0.15) is 10.4 Å². The Morgan fingerprint density at radius 3 is 2.51 bits per heavy atom. The Bertz CT molecular complexity index is 1400. The minimum atomic E-state index is -0.411. The van der Waals surface area contributed by atoms with E-state index >= 15 is 0 Å². The first-order valence-corrected chi connectivity index (χ1v) is 12.7. The fourth-order valence-corrected chi connectivity index (χ4v) is 4.89. The number of carbonyl (C=O) groups excluding carboxylic acids is 2. The van der Waals surface area contributed by atoms with Gasteiger partial charge in [0.05, 0.1) is 37.1 Å². The molecule has 0 aliphatic carbocycles. The van der Waals surface area contributed by atoms with Crippen molar-refractivity contribution in [1.29, 1.82) is 0 Å². The van der Waals surface area contributed by atoms with Crippen LogP contribution >= 0.6 is 23.1 Å². The molecular formula is C25H23N3O5S2. The van der Waals surface area contributed by atoms with Gasteiger partial charge in [-0.3, -0.25) is 14.2 Å². The van der Waals surface area contributed by atoms with E-state index in [4.69, 9.17) is 9.47 Å². The Morgan fingerprint density at radius 2 is 1.83 bits per heavy atom. The largest absolute Gasteiger partial charge is 0.497 e. The first-order valence-electron chi connectivity index (χ1n) is 10.8. The molecule has 0 atom stereocenters. The van der Waals surface area contributed by atoms with Crippen molar-refractivity contribution in [2.24, 2.45) is 0 Å². The van der Waals surface area contributed by atoms with Crippen LogP contribution in [0.3, 0.4) is 0 Å². The van der Waals surface area contributed by atoms with Crippen molar-refractivity contribution in [2.45, 2.75) is 18.6 Å². The highest BCUT2D eigenvalue weighted by atomic mass is 32.2. The van der Waals surface area contributed by atoms with Crippen molar-refractivity contribution >= 4 is 50.9 Å². The predicted octanol–water partition coefficient (Wildman–Crippen LogP) is 4.42. The molecule has 1 amide bonds. The first kappa shape index (κ1) is 24.5. The standard InChI is InChI=1S/C25H23N3O5S2/c1-3-33-24(31)17-6-8-18(9-7-17)26-21(29)15-35-25-27-20-12-13-34-22(20)23(30)28(25)14-16-4-10-19(32-2)11-5-16/h4-13H,3,14-15H2,1-2H3,(H,26,29). The van der Waals surface area contributed by atoms with Crippen LogP contribution in [0.15, 0.2) is 69.9 Å². The maximum Gasteiger partial charge on any atom is 0.338 e. The van der Waals surface area contributed by atoms with Gasteiger partial charge in [-0.1, -0.05) is 23.9 Å². The van der Waals surface area contributed by atoms with Gasteiger partial charge < -0.3 is 14.8 Å². The van der Waals surface area contributed by atoms with Crippen LogP contribution < -0.4 is 15.6 Å². The van der Waals surface area contributed by atoms with Crippen molar-refractivity contribution in [3.05, 3.63) is 81.5 Å². The molecule has 0 bridgehead atoms. The number of hydrogen-bond acceptors (Lipinski definition) is 8. The summed E-state index contributed by atoms with van der Waals surface area (Å²) in [7, 11) is 1.60. The second kappa shape index (κ2) is 11.2. The average Bonchev–Trinajstić information content (AvgIpc) is 3.34. The van der Waals surface area contributed by atoms with Crippen LogP contribution in [0.25, 0.3) is 10.2 Å². The summed E-state index contributed by atoms with van der Waals surface area (Å²) in [5, 5.41) is 5.09. The van der Waals surface area contributed by atoms with Gasteiger partial charge in [0.25, 0.3) is 5.56 Å². The number of ether oxygens (including phenoxy) is 2. The molecule has 0 unspecified atom stereocenters. The zero-order valence-corrected chi connectivity index (χ0v) is 20.8. The highest BCUT2D eigenvalue weighted by molar-refractivity contribution is 7.99. The summed E-state index contributed by atoms with van der Waals surface area (Å²) >= 11 is 2.54. The van der Waals surface area contributed by atoms with Gasteiger partial charge in [-0.2, -0.15) is 0 Å². The summed E-state index contributed by atoms with van der Waals surface area (Å²) in [5.41, 5.74) is 2.36. The Labute approximate surface area is 209 Å². The third-order valence-electron chi connectivity index (χ3n) is 5.04. The number of carbonyl (C=O) groups is 2. The lowest BCUT2D eigenvalue weighted by atomic mass is 10.2. The van der Waals surface area contributed by atoms with Gasteiger partial charge >= 0.3 is 5.97 Å². The molecule has 180 valence electrons. The van der Waals surface area contributed by atoms with Crippen LogP contribution in [-0.2, 0) is 16.1 Å². The minimum Gasteiger partial charge on any atom is -0.497 e. The molecule has 0 fully saturated rings. The third kappa shape index (κ3) is 5.90. The fraction of sp³-hybridized carbons (Fsp3) is 0.200. The van der Waals surface area contributed by atoms with Crippen LogP contribution in [0.5, 0.6) is 5.75 Å². The normalized spacial score (nSPS) is 10.8. The van der Waals surface area contributed by atoms with Gasteiger partial charge in [0.15, 0.2) is 5.16 Å². The number of thiophene rings is 1. The van der Waals surface area contributed by atoms with Crippen LogP contribution in [-0.4, -0.2) is 40.9 Å². The lowest BCUT2D eigenvalue weighted by Gasteiger charge is -2.13. The van der Waals surface area contributed by atoms with Gasteiger partial charge in [0.2, 0.25) is 5.91 Å². The molecule has 2 aromatic carbocycles. The Hall–Kier alpha value is -3.63. The number of rotatable bonds is 9.